The summed E-state index contributed by atoms with van der Waals surface area (Å²) in [5.41, 5.74) is -0.0659. The van der Waals surface area contributed by atoms with Crippen molar-refractivity contribution in [3.8, 4) is 5.75 Å². The first kappa shape index (κ1) is 16.3. The molecule has 0 spiro atoms. The normalized spacial score (nSPS) is 20.2. The van der Waals surface area contributed by atoms with Crippen LogP contribution in [0.25, 0.3) is 0 Å². The third kappa shape index (κ3) is 5.06. The van der Waals surface area contributed by atoms with E-state index in [-0.39, 0.29) is 18.4 Å². The highest BCUT2D eigenvalue weighted by Gasteiger charge is 2.35. The van der Waals surface area contributed by atoms with Gasteiger partial charge in [0.1, 0.15) is 17.5 Å². The summed E-state index contributed by atoms with van der Waals surface area (Å²) >= 11 is 0. The lowest BCUT2D eigenvalue weighted by Crippen LogP contribution is -2.35. The van der Waals surface area contributed by atoms with Crippen LogP contribution in [0.2, 0.25) is 0 Å². The van der Waals surface area contributed by atoms with Crippen molar-refractivity contribution in [1.29, 1.82) is 0 Å². The molecule has 0 radical (unpaired) electrons. The molecule has 22 heavy (non-hydrogen) atoms. The Morgan fingerprint density at radius 1 is 1.32 bits per heavy atom. The first-order chi connectivity index (χ1) is 10.2. The summed E-state index contributed by atoms with van der Waals surface area (Å²) in [4.78, 5) is 23.6. The van der Waals surface area contributed by atoms with Crippen LogP contribution in [0.15, 0.2) is 24.3 Å². The van der Waals surface area contributed by atoms with Crippen molar-refractivity contribution in [2.45, 2.75) is 45.8 Å². The summed E-state index contributed by atoms with van der Waals surface area (Å²) in [7, 11) is 0. The molecule has 1 aromatic carbocycles. The summed E-state index contributed by atoms with van der Waals surface area (Å²) in [6, 6.07) is 7.04. The Balaban J connectivity index is 1.87. The highest BCUT2D eigenvalue weighted by molar-refractivity contribution is 5.99. The standard InChI is InChI=1S/C17H23NO4/c1-11-8-15(11)21-13-7-5-6-12(9-13)14(19)10-18-16(20)22-17(2,3)4/h5-7,9,11,15H,8,10H2,1-4H3,(H,18,20). The smallest absolute Gasteiger partial charge is 0.408 e. The minimum atomic E-state index is -0.597. The number of alkyl carbamates (subject to hydrolysis) is 1. The zero-order valence-electron chi connectivity index (χ0n) is 13.5. The molecule has 1 N–H and O–H groups in total. The van der Waals surface area contributed by atoms with Gasteiger partial charge in [-0.25, -0.2) is 4.79 Å². The highest BCUT2D eigenvalue weighted by atomic mass is 16.6. The molecule has 1 amide bonds. The van der Waals surface area contributed by atoms with E-state index in [1.807, 2.05) is 6.07 Å². The van der Waals surface area contributed by atoms with Crippen molar-refractivity contribution in [2.75, 3.05) is 6.54 Å². The zero-order valence-corrected chi connectivity index (χ0v) is 13.5. The maximum absolute atomic E-state index is 12.1. The molecule has 1 saturated carbocycles. The van der Waals surface area contributed by atoms with Crippen molar-refractivity contribution in [2.24, 2.45) is 5.92 Å². The van der Waals surface area contributed by atoms with Gasteiger partial charge in [0.05, 0.1) is 6.54 Å². The summed E-state index contributed by atoms with van der Waals surface area (Å²) in [5.74, 6) is 1.09. The first-order valence-corrected chi connectivity index (χ1v) is 7.51. The van der Waals surface area contributed by atoms with Crippen LogP contribution in [0.4, 0.5) is 4.79 Å². The third-order valence-electron chi connectivity index (χ3n) is 3.27. The van der Waals surface area contributed by atoms with Crippen LogP contribution in [0, 0.1) is 5.92 Å². The quantitative estimate of drug-likeness (QED) is 0.849. The molecular weight excluding hydrogens is 282 g/mol. The molecule has 0 aromatic heterocycles. The zero-order chi connectivity index (χ0) is 16.3. The molecule has 5 heteroatoms. The van der Waals surface area contributed by atoms with Gasteiger partial charge in [0.15, 0.2) is 5.78 Å². The topological polar surface area (TPSA) is 64.6 Å². The van der Waals surface area contributed by atoms with Crippen LogP contribution in [0.3, 0.4) is 0 Å². The molecule has 120 valence electrons. The van der Waals surface area contributed by atoms with E-state index in [1.165, 1.54) is 0 Å². The number of nitrogens with one attached hydrogen (secondary N) is 1. The molecule has 0 bridgehead atoms. The van der Waals surface area contributed by atoms with Gasteiger partial charge in [-0.2, -0.15) is 0 Å². The van der Waals surface area contributed by atoms with Crippen LogP contribution in [-0.2, 0) is 4.74 Å². The molecule has 2 atom stereocenters. The van der Waals surface area contributed by atoms with Crippen LogP contribution >= 0.6 is 0 Å². The summed E-state index contributed by atoms with van der Waals surface area (Å²) < 4.78 is 10.8. The summed E-state index contributed by atoms with van der Waals surface area (Å²) in [5, 5.41) is 2.47. The monoisotopic (exact) mass is 305 g/mol. The summed E-state index contributed by atoms with van der Waals surface area (Å²) in [6.45, 7) is 7.35. The van der Waals surface area contributed by atoms with Gasteiger partial charge in [-0.3, -0.25) is 4.79 Å². The van der Waals surface area contributed by atoms with Crippen LogP contribution in [0.1, 0.15) is 44.5 Å². The number of Topliss-reactive ketones (excluding diaryl/α,β-unsaturated/α-hetero) is 1. The second-order valence-electron chi connectivity index (χ2n) is 6.68. The second kappa shape index (κ2) is 6.38. The minimum absolute atomic E-state index is 0.0990. The molecule has 0 heterocycles. The van der Waals surface area contributed by atoms with Crippen molar-refractivity contribution >= 4 is 11.9 Å². The predicted octanol–water partition coefficient (Wildman–Crippen LogP) is 3.18. The van der Waals surface area contributed by atoms with Gasteiger partial charge in [0.2, 0.25) is 0 Å². The number of hydrogen-bond donors (Lipinski definition) is 1. The molecular formula is C17H23NO4. The number of carbonyl (C=O) groups is 2. The Kier molecular flexibility index (Phi) is 4.74. The van der Waals surface area contributed by atoms with Gasteiger partial charge >= 0.3 is 6.09 Å². The van der Waals surface area contributed by atoms with Gasteiger partial charge in [-0.05, 0) is 45.2 Å². The van der Waals surface area contributed by atoms with Gasteiger partial charge in [0.25, 0.3) is 0 Å². The van der Waals surface area contributed by atoms with Gasteiger partial charge in [0, 0.05) is 5.56 Å². The number of ketones is 1. The van der Waals surface area contributed by atoms with E-state index < -0.39 is 11.7 Å². The van der Waals surface area contributed by atoms with Gasteiger partial charge in [-0.1, -0.05) is 19.1 Å². The van der Waals surface area contributed by atoms with Crippen LogP contribution < -0.4 is 10.1 Å². The van der Waals surface area contributed by atoms with E-state index in [9.17, 15) is 9.59 Å². The molecule has 0 saturated heterocycles. The lowest BCUT2D eigenvalue weighted by atomic mass is 10.1. The number of rotatable bonds is 5. The van der Waals surface area contributed by atoms with E-state index in [1.54, 1.807) is 39.0 Å². The minimum Gasteiger partial charge on any atom is -0.490 e. The Bertz CT molecular complexity index is 562. The van der Waals surface area contributed by atoms with Crippen molar-refractivity contribution < 1.29 is 19.1 Å². The summed E-state index contributed by atoms with van der Waals surface area (Å²) in [6.07, 6.45) is 0.712. The van der Waals surface area contributed by atoms with Crippen LogP contribution in [0.5, 0.6) is 5.75 Å². The average molecular weight is 305 g/mol. The molecule has 2 rings (SSSR count). The SMILES string of the molecule is CC1CC1Oc1cccc(C(=O)CNC(=O)OC(C)(C)C)c1. The molecule has 1 aliphatic carbocycles. The van der Waals surface area contributed by atoms with Crippen molar-refractivity contribution in [3.05, 3.63) is 29.8 Å². The molecule has 1 fully saturated rings. The number of benzene rings is 1. The molecule has 0 aliphatic heterocycles. The number of amides is 1. The fourth-order valence-electron chi connectivity index (χ4n) is 1.94. The second-order valence-corrected chi connectivity index (χ2v) is 6.68. The Morgan fingerprint density at radius 3 is 2.59 bits per heavy atom. The number of carbonyl (C=O) groups excluding carboxylic acids is 2. The Morgan fingerprint density at radius 2 is 2.00 bits per heavy atom. The van der Waals surface area contributed by atoms with Crippen molar-refractivity contribution in [1.82, 2.24) is 5.32 Å². The first-order valence-electron chi connectivity index (χ1n) is 7.51. The van der Waals surface area contributed by atoms with E-state index in [4.69, 9.17) is 9.47 Å². The number of hydrogen-bond acceptors (Lipinski definition) is 4. The van der Waals surface area contributed by atoms with Crippen molar-refractivity contribution in [3.63, 3.8) is 0 Å². The fourth-order valence-corrected chi connectivity index (χ4v) is 1.94. The van der Waals surface area contributed by atoms with E-state index >= 15 is 0 Å². The maximum atomic E-state index is 12.1. The molecule has 2 unspecified atom stereocenters. The largest absolute Gasteiger partial charge is 0.490 e. The van der Waals surface area contributed by atoms with E-state index in [0.29, 0.717) is 17.2 Å². The Hall–Kier alpha value is -2.04. The van der Waals surface area contributed by atoms with E-state index in [0.717, 1.165) is 6.42 Å². The average Bonchev–Trinajstić information content (AvgIpc) is 3.09. The van der Waals surface area contributed by atoms with E-state index in [2.05, 4.69) is 12.2 Å². The van der Waals surface area contributed by atoms with Gasteiger partial charge in [-0.15, -0.1) is 0 Å². The van der Waals surface area contributed by atoms with Crippen LogP contribution in [-0.4, -0.2) is 30.1 Å². The Labute approximate surface area is 131 Å². The third-order valence-corrected chi connectivity index (χ3v) is 3.27. The molecule has 1 aromatic rings. The molecule has 1 aliphatic rings. The van der Waals surface area contributed by atoms with Gasteiger partial charge < -0.3 is 14.8 Å². The molecule has 5 nitrogen and oxygen atoms in total. The highest BCUT2D eigenvalue weighted by Crippen LogP contribution is 2.34. The lowest BCUT2D eigenvalue weighted by molar-refractivity contribution is 0.0520. The fraction of sp³-hybridized carbons (Fsp3) is 0.529. The number of ether oxygens (including phenoxy) is 2. The lowest BCUT2D eigenvalue weighted by Gasteiger charge is -2.19. The maximum Gasteiger partial charge on any atom is 0.408 e. The predicted molar refractivity (Wildman–Crippen MR) is 83.2 cm³/mol.